The van der Waals surface area contributed by atoms with Crippen LogP contribution in [0.2, 0.25) is 0 Å². The molecule has 1 aliphatic heterocycles. The number of halogens is 1. The maximum absolute atomic E-state index is 13.4. The average Bonchev–Trinajstić information content (AvgIpc) is 3.32. The smallest absolute Gasteiger partial charge is 0.213 e. The first-order valence-corrected chi connectivity index (χ1v) is 12.6. The quantitative estimate of drug-likeness (QED) is 0.266. The van der Waals surface area contributed by atoms with E-state index in [-0.39, 0.29) is 17.9 Å². The Morgan fingerprint density at radius 1 is 1.06 bits per heavy atom. The predicted octanol–water partition coefficient (Wildman–Crippen LogP) is 5.78. The maximum Gasteiger partial charge on any atom is 0.213 e. The summed E-state index contributed by atoms with van der Waals surface area (Å²) in [4.78, 5) is 6.88. The van der Waals surface area contributed by atoms with Crippen LogP contribution in [0.25, 0.3) is 11.1 Å². The van der Waals surface area contributed by atoms with E-state index in [0.29, 0.717) is 17.9 Å². The lowest BCUT2D eigenvalue weighted by atomic mass is 9.90. The van der Waals surface area contributed by atoms with E-state index in [1.807, 2.05) is 12.1 Å². The SMILES string of the molecule is COc1ccc(-c2ccc(F)cc2)cc1CNC1CCCN(Cc2nc(=S)[nH][nH]2)C1c1ccccc1. The lowest BCUT2D eigenvalue weighted by Crippen LogP contribution is -2.47. The first kappa shape index (κ1) is 24.4. The molecular formula is C28H30FN5OS. The summed E-state index contributed by atoms with van der Waals surface area (Å²) in [6.07, 6.45) is 2.14. The van der Waals surface area contributed by atoms with E-state index in [0.717, 1.165) is 47.7 Å². The van der Waals surface area contributed by atoms with Crippen molar-refractivity contribution in [1.29, 1.82) is 0 Å². The summed E-state index contributed by atoms with van der Waals surface area (Å²) in [5.74, 6) is 1.44. The van der Waals surface area contributed by atoms with Crippen molar-refractivity contribution >= 4 is 12.2 Å². The number of nitrogens with one attached hydrogen (secondary N) is 3. The standard InChI is InChI=1S/C28H30FN5OS/c1-35-25-14-11-21(19-9-12-23(29)13-10-19)16-22(25)17-30-24-8-5-15-34(18-26-31-28(36)33-32-26)27(24)20-6-3-2-4-7-20/h2-4,6-7,9-14,16,24,27,30H,5,8,15,17-18H2,1H3,(H2,31,32,33,36). The second-order valence-corrected chi connectivity index (χ2v) is 9.49. The number of hydrogen-bond donors (Lipinski definition) is 3. The Hall–Kier alpha value is -3.33. The third-order valence-corrected chi connectivity index (χ3v) is 6.99. The van der Waals surface area contributed by atoms with E-state index in [2.05, 4.69) is 61.8 Å². The minimum absolute atomic E-state index is 0.185. The number of hydrogen-bond acceptors (Lipinski definition) is 5. The van der Waals surface area contributed by atoms with Crippen LogP contribution in [0, 0.1) is 10.6 Å². The molecule has 1 aliphatic rings. The number of ether oxygens (including phenoxy) is 1. The highest BCUT2D eigenvalue weighted by molar-refractivity contribution is 7.71. The number of methoxy groups -OCH3 is 1. The van der Waals surface area contributed by atoms with Crippen LogP contribution in [-0.4, -0.2) is 39.8 Å². The van der Waals surface area contributed by atoms with Crippen LogP contribution < -0.4 is 10.1 Å². The molecule has 3 N–H and O–H groups in total. The molecule has 0 aliphatic carbocycles. The number of likely N-dealkylation sites (tertiary alicyclic amines) is 1. The van der Waals surface area contributed by atoms with Crippen LogP contribution in [-0.2, 0) is 13.1 Å². The number of benzene rings is 3. The molecule has 4 aromatic rings. The Bertz CT molecular complexity index is 1340. The van der Waals surface area contributed by atoms with E-state index in [4.69, 9.17) is 17.0 Å². The van der Waals surface area contributed by atoms with E-state index in [1.54, 1.807) is 19.2 Å². The summed E-state index contributed by atoms with van der Waals surface area (Å²) < 4.78 is 19.6. The van der Waals surface area contributed by atoms with Crippen molar-refractivity contribution in [2.45, 2.75) is 38.0 Å². The molecule has 2 atom stereocenters. The van der Waals surface area contributed by atoms with Crippen LogP contribution >= 0.6 is 12.2 Å². The topological polar surface area (TPSA) is 69.0 Å². The summed E-state index contributed by atoms with van der Waals surface area (Å²) in [5, 5.41) is 9.83. The van der Waals surface area contributed by atoms with Gasteiger partial charge in [0.15, 0.2) is 0 Å². The number of aromatic amines is 2. The zero-order valence-electron chi connectivity index (χ0n) is 20.2. The number of aromatic nitrogens is 3. The van der Waals surface area contributed by atoms with Gasteiger partial charge in [-0.25, -0.2) is 9.37 Å². The second-order valence-electron chi connectivity index (χ2n) is 9.10. The third-order valence-electron chi connectivity index (χ3n) is 6.79. The Balaban J connectivity index is 1.39. The van der Waals surface area contributed by atoms with E-state index >= 15 is 0 Å². The number of H-pyrrole nitrogens is 2. The van der Waals surface area contributed by atoms with Gasteiger partial charge in [0, 0.05) is 18.2 Å². The van der Waals surface area contributed by atoms with Crippen molar-refractivity contribution in [3.63, 3.8) is 0 Å². The Labute approximate surface area is 215 Å². The molecular weight excluding hydrogens is 473 g/mol. The van der Waals surface area contributed by atoms with Crippen molar-refractivity contribution in [3.8, 4) is 16.9 Å². The molecule has 1 fully saturated rings. The van der Waals surface area contributed by atoms with Gasteiger partial charge in [-0.2, -0.15) is 0 Å². The van der Waals surface area contributed by atoms with Gasteiger partial charge in [0.2, 0.25) is 4.77 Å². The molecule has 0 bridgehead atoms. The molecule has 2 unspecified atom stereocenters. The third kappa shape index (κ3) is 5.56. The van der Waals surface area contributed by atoms with Gasteiger partial charge >= 0.3 is 0 Å². The monoisotopic (exact) mass is 503 g/mol. The summed E-state index contributed by atoms with van der Waals surface area (Å²) in [5.41, 5.74) is 4.35. The molecule has 0 saturated carbocycles. The molecule has 186 valence electrons. The van der Waals surface area contributed by atoms with Crippen molar-refractivity contribution in [3.05, 3.63) is 100 Å². The van der Waals surface area contributed by atoms with E-state index in [9.17, 15) is 4.39 Å². The summed E-state index contributed by atoms with van der Waals surface area (Å²) in [6, 6.07) is 23.8. The van der Waals surface area contributed by atoms with Crippen LogP contribution in [0.3, 0.4) is 0 Å². The van der Waals surface area contributed by atoms with Crippen LogP contribution in [0.1, 0.15) is 35.8 Å². The highest BCUT2D eigenvalue weighted by atomic mass is 32.1. The van der Waals surface area contributed by atoms with Gasteiger partial charge in [-0.3, -0.25) is 15.1 Å². The van der Waals surface area contributed by atoms with Crippen LogP contribution in [0.4, 0.5) is 4.39 Å². The molecule has 0 amide bonds. The summed E-state index contributed by atoms with van der Waals surface area (Å²) >= 11 is 5.16. The normalized spacial score (nSPS) is 18.3. The highest BCUT2D eigenvalue weighted by Gasteiger charge is 2.33. The summed E-state index contributed by atoms with van der Waals surface area (Å²) in [6.45, 7) is 2.33. The van der Waals surface area contributed by atoms with Crippen molar-refractivity contribution in [2.75, 3.05) is 13.7 Å². The van der Waals surface area contributed by atoms with Gasteiger partial charge in [-0.15, -0.1) is 0 Å². The van der Waals surface area contributed by atoms with Gasteiger partial charge in [-0.1, -0.05) is 48.5 Å². The van der Waals surface area contributed by atoms with Gasteiger partial charge in [0.25, 0.3) is 0 Å². The molecule has 6 nitrogen and oxygen atoms in total. The lowest BCUT2D eigenvalue weighted by Gasteiger charge is -2.42. The number of nitrogens with zero attached hydrogens (tertiary/aromatic N) is 2. The highest BCUT2D eigenvalue weighted by Crippen LogP contribution is 2.33. The van der Waals surface area contributed by atoms with Crippen LogP contribution in [0.15, 0.2) is 72.8 Å². The first-order chi connectivity index (χ1) is 17.6. The Morgan fingerprint density at radius 2 is 1.83 bits per heavy atom. The number of piperidine rings is 1. The van der Waals surface area contributed by atoms with Crippen molar-refractivity contribution in [2.24, 2.45) is 0 Å². The molecule has 1 saturated heterocycles. The maximum atomic E-state index is 13.4. The van der Waals surface area contributed by atoms with Crippen molar-refractivity contribution in [1.82, 2.24) is 25.4 Å². The van der Waals surface area contributed by atoms with E-state index in [1.165, 1.54) is 17.7 Å². The summed E-state index contributed by atoms with van der Waals surface area (Å²) in [7, 11) is 1.69. The van der Waals surface area contributed by atoms with Crippen LogP contribution in [0.5, 0.6) is 5.75 Å². The fraction of sp³-hybridized carbons (Fsp3) is 0.286. The molecule has 0 spiro atoms. The minimum Gasteiger partial charge on any atom is -0.496 e. The van der Waals surface area contributed by atoms with Gasteiger partial charge in [0.05, 0.1) is 19.7 Å². The zero-order valence-corrected chi connectivity index (χ0v) is 21.0. The Morgan fingerprint density at radius 3 is 2.56 bits per heavy atom. The van der Waals surface area contributed by atoms with Gasteiger partial charge < -0.3 is 10.1 Å². The van der Waals surface area contributed by atoms with E-state index < -0.39 is 0 Å². The molecule has 1 aromatic heterocycles. The lowest BCUT2D eigenvalue weighted by molar-refractivity contribution is 0.100. The van der Waals surface area contributed by atoms with Gasteiger partial charge in [0.1, 0.15) is 17.4 Å². The van der Waals surface area contributed by atoms with Crippen molar-refractivity contribution < 1.29 is 9.13 Å². The molecule has 2 heterocycles. The molecule has 5 rings (SSSR count). The molecule has 8 heteroatoms. The molecule has 3 aromatic carbocycles. The largest absolute Gasteiger partial charge is 0.496 e. The molecule has 36 heavy (non-hydrogen) atoms. The fourth-order valence-corrected chi connectivity index (χ4v) is 5.26. The second kappa shape index (κ2) is 11.2. The molecule has 0 radical (unpaired) electrons. The fourth-order valence-electron chi connectivity index (χ4n) is 5.10. The Kier molecular flexibility index (Phi) is 7.55. The first-order valence-electron chi connectivity index (χ1n) is 12.2. The van der Waals surface area contributed by atoms with Gasteiger partial charge in [-0.05, 0) is 72.6 Å². The zero-order chi connectivity index (χ0) is 24.9. The predicted molar refractivity (Wildman–Crippen MR) is 142 cm³/mol. The number of rotatable bonds is 8. The average molecular weight is 504 g/mol. The minimum atomic E-state index is -0.237.